The molecule has 7 heteroatoms. The van der Waals surface area contributed by atoms with Gasteiger partial charge in [-0.1, -0.05) is 18.5 Å². The average Bonchev–Trinajstić information content (AvgIpc) is 2.76. The maximum atomic E-state index is 5.79. The van der Waals surface area contributed by atoms with Gasteiger partial charge in [0.25, 0.3) is 0 Å². The normalized spacial score (nSPS) is 10.6. The van der Waals surface area contributed by atoms with Crippen LogP contribution in [0.4, 0.5) is 11.8 Å². The Bertz CT molecular complexity index is 508. The van der Waals surface area contributed by atoms with E-state index in [0.717, 1.165) is 24.4 Å². The molecule has 0 saturated carbocycles. The number of aromatic nitrogens is 3. The Morgan fingerprint density at radius 3 is 2.94 bits per heavy atom. The fourth-order valence-corrected chi connectivity index (χ4v) is 2.50. The van der Waals surface area contributed by atoms with E-state index in [-0.39, 0.29) is 5.95 Å². The van der Waals surface area contributed by atoms with Gasteiger partial charge in [-0.05, 0) is 6.42 Å². The van der Waals surface area contributed by atoms with Gasteiger partial charge in [-0.25, -0.2) is 9.97 Å². The van der Waals surface area contributed by atoms with Crippen molar-refractivity contribution in [3.05, 3.63) is 27.3 Å². The molecular formula is C11H14ClN5S. The van der Waals surface area contributed by atoms with Gasteiger partial charge in [0.2, 0.25) is 5.95 Å². The number of halogens is 1. The highest BCUT2D eigenvalue weighted by atomic mass is 35.5. The van der Waals surface area contributed by atoms with Crippen LogP contribution in [0.15, 0.2) is 12.3 Å². The van der Waals surface area contributed by atoms with E-state index in [9.17, 15) is 0 Å². The Morgan fingerprint density at radius 2 is 2.28 bits per heavy atom. The van der Waals surface area contributed by atoms with Crippen LogP contribution in [0.2, 0.25) is 5.15 Å². The zero-order valence-corrected chi connectivity index (χ0v) is 11.6. The van der Waals surface area contributed by atoms with Gasteiger partial charge in [0, 0.05) is 30.1 Å². The lowest BCUT2D eigenvalue weighted by Gasteiger charge is -2.04. The quantitative estimate of drug-likeness (QED) is 0.824. The molecule has 2 rings (SSSR count). The topological polar surface area (TPSA) is 76.7 Å². The minimum Gasteiger partial charge on any atom is -0.369 e. The molecular weight excluding hydrogens is 270 g/mol. The number of anilines is 2. The lowest BCUT2D eigenvalue weighted by molar-refractivity contribution is 0.983. The Labute approximate surface area is 114 Å². The summed E-state index contributed by atoms with van der Waals surface area (Å²) in [5, 5.41) is 4.61. The predicted octanol–water partition coefficient (Wildman–Crippen LogP) is 2.39. The molecule has 0 bridgehead atoms. The van der Waals surface area contributed by atoms with Crippen LogP contribution < -0.4 is 11.1 Å². The summed E-state index contributed by atoms with van der Waals surface area (Å²) >= 11 is 7.53. The third-order valence-corrected chi connectivity index (χ3v) is 3.70. The van der Waals surface area contributed by atoms with E-state index >= 15 is 0 Å². The molecule has 0 amide bonds. The van der Waals surface area contributed by atoms with Crippen molar-refractivity contribution >= 4 is 34.7 Å². The fraction of sp³-hybridized carbons (Fsp3) is 0.364. The summed E-state index contributed by atoms with van der Waals surface area (Å²) in [6.45, 7) is 2.87. The van der Waals surface area contributed by atoms with Gasteiger partial charge >= 0.3 is 0 Å². The van der Waals surface area contributed by atoms with Gasteiger partial charge in [-0.2, -0.15) is 4.98 Å². The standard InChI is InChI=1S/C11H14ClN5S/c1-2-7-6-15-10(18-7)3-4-14-9-5-8(12)16-11(13)17-9/h5-6H,2-4H2,1H3,(H3,13,14,16,17). The summed E-state index contributed by atoms with van der Waals surface area (Å²) in [6, 6.07) is 1.65. The van der Waals surface area contributed by atoms with Crippen molar-refractivity contribution in [1.82, 2.24) is 15.0 Å². The number of aryl methyl sites for hydroxylation is 1. The van der Waals surface area contributed by atoms with Gasteiger partial charge in [0.15, 0.2) is 0 Å². The second-order valence-corrected chi connectivity index (χ2v) is 5.27. The number of thiazole rings is 1. The minimum absolute atomic E-state index is 0.174. The number of nitrogens with zero attached hydrogens (tertiary/aromatic N) is 3. The number of nitrogen functional groups attached to an aromatic ring is 1. The highest BCUT2D eigenvalue weighted by molar-refractivity contribution is 7.11. The molecule has 0 atom stereocenters. The highest BCUT2D eigenvalue weighted by Crippen LogP contribution is 2.15. The summed E-state index contributed by atoms with van der Waals surface area (Å²) in [5.41, 5.74) is 5.51. The minimum atomic E-state index is 0.174. The Hall–Kier alpha value is -1.40. The van der Waals surface area contributed by atoms with Crippen LogP contribution in [0.25, 0.3) is 0 Å². The molecule has 2 aromatic heterocycles. The molecule has 0 radical (unpaired) electrons. The summed E-state index contributed by atoms with van der Waals surface area (Å²) in [4.78, 5) is 13.5. The Kier molecular flexibility index (Phi) is 4.33. The molecule has 0 aliphatic carbocycles. The molecule has 2 aromatic rings. The molecule has 0 aliphatic rings. The first-order valence-electron chi connectivity index (χ1n) is 5.65. The number of hydrogen-bond donors (Lipinski definition) is 2. The van der Waals surface area contributed by atoms with Crippen molar-refractivity contribution in [2.45, 2.75) is 19.8 Å². The van der Waals surface area contributed by atoms with Crippen LogP contribution in [0.3, 0.4) is 0 Å². The lowest BCUT2D eigenvalue weighted by atomic mass is 10.4. The van der Waals surface area contributed by atoms with E-state index < -0.39 is 0 Å². The second kappa shape index (κ2) is 5.97. The number of rotatable bonds is 5. The molecule has 0 fully saturated rings. The van der Waals surface area contributed by atoms with Crippen molar-refractivity contribution in [3.63, 3.8) is 0 Å². The Balaban J connectivity index is 1.88. The number of hydrogen-bond acceptors (Lipinski definition) is 6. The second-order valence-electron chi connectivity index (χ2n) is 3.68. The van der Waals surface area contributed by atoms with Crippen molar-refractivity contribution in [2.24, 2.45) is 0 Å². The van der Waals surface area contributed by atoms with Gasteiger partial charge in [0.05, 0.1) is 5.01 Å². The van der Waals surface area contributed by atoms with Gasteiger partial charge in [0.1, 0.15) is 11.0 Å². The number of nitrogens with two attached hydrogens (primary N) is 1. The third-order valence-electron chi connectivity index (χ3n) is 2.31. The molecule has 0 spiro atoms. The first kappa shape index (κ1) is 13.0. The van der Waals surface area contributed by atoms with Crippen LogP contribution in [-0.2, 0) is 12.8 Å². The van der Waals surface area contributed by atoms with Gasteiger partial charge < -0.3 is 11.1 Å². The SMILES string of the molecule is CCc1cnc(CCNc2cc(Cl)nc(N)n2)s1. The zero-order chi connectivity index (χ0) is 13.0. The highest BCUT2D eigenvalue weighted by Gasteiger charge is 2.02. The van der Waals surface area contributed by atoms with Crippen molar-refractivity contribution in [2.75, 3.05) is 17.6 Å². The molecule has 0 saturated heterocycles. The zero-order valence-electron chi connectivity index (χ0n) is 9.98. The molecule has 2 heterocycles. The maximum absolute atomic E-state index is 5.79. The Morgan fingerprint density at radius 1 is 1.44 bits per heavy atom. The van der Waals surface area contributed by atoms with E-state index in [2.05, 4.69) is 27.2 Å². The first-order chi connectivity index (χ1) is 8.67. The summed E-state index contributed by atoms with van der Waals surface area (Å²) in [7, 11) is 0. The van der Waals surface area contributed by atoms with E-state index in [1.807, 2.05) is 6.20 Å². The van der Waals surface area contributed by atoms with Crippen molar-refractivity contribution < 1.29 is 0 Å². The molecule has 96 valence electrons. The first-order valence-corrected chi connectivity index (χ1v) is 6.84. The monoisotopic (exact) mass is 283 g/mol. The fourth-order valence-electron chi connectivity index (χ4n) is 1.45. The largest absolute Gasteiger partial charge is 0.369 e. The smallest absolute Gasteiger partial charge is 0.223 e. The van der Waals surface area contributed by atoms with Gasteiger partial charge in [-0.15, -0.1) is 11.3 Å². The van der Waals surface area contributed by atoms with E-state index in [1.54, 1.807) is 17.4 Å². The van der Waals surface area contributed by atoms with Crippen LogP contribution in [0, 0.1) is 0 Å². The van der Waals surface area contributed by atoms with Crippen LogP contribution in [-0.4, -0.2) is 21.5 Å². The van der Waals surface area contributed by atoms with Crippen LogP contribution >= 0.6 is 22.9 Å². The van der Waals surface area contributed by atoms with E-state index in [4.69, 9.17) is 17.3 Å². The van der Waals surface area contributed by atoms with E-state index in [0.29, 0.717) is 11.0 Å². The average molecular weight is 284 g/mol. The van der Waals surface area contributed by atoms with E-state index in [1.165, 1.54) is 4.88 Å². The van der Waals surface area contributed by atoms with Crippen LogP contribution in [0.1, 0.15) is 16.8 Å². The molecule has 3 N–H and O–H groups in total. The van der Waals surface area contributed by atoms with Crippen molar-refractivity contribution in [3.8, 4) is 0 Å². The number of nitrogens with one attached hydrogen (secondary N) is 1. The summed E-state index contributed by atoms with van der Waals surface area (Å²) in [5.74, 6) is 0.812. The van der Waals surface area contributed by atoms with Crippen molar-refractivity contribution in [1.29, 1.82) is 0 Å². The van der Waals surface area contributed by atoms with Gasteiger partial charge in [-0.3, -0.25) is 0 Å². The molecule has 0 aliphatic heterocycles. The molecule has 0 unspecified atom stereocenters. The third kappa shape index (κ3) is 3.54. The molecule has 5 nitrogen and oxygen atoms in total. The van der Waals surface area contributed by atoms with Crippen LogP contribution in [0.5, 0.6) is 0 Å². The lowest BCUT2D eigenvalue weighted by Crippen LogP contribution is -2.07. The summed E-state index contributed by atoms with van der Waals surface area (Å²) in [6.07, 6.45) is 3.81. The summed E-state index contributed by atoms with van der Waals surface area (Å²) < 4.78 is 0. The molecule has 0 aromatic carbocycles. The molecule has 18 heavy (non-hydrogen) atoms. The predicted molar refractivity (Wildman–Crippen MR) is 75.1 cm³/mol. The maximum Gasteiger partial charge on any atom is 0.223 e.